The molecule has 1 aromatic carbocycles. The minimum atomic E-state index is 0.437. The summed E-state index contributed by atoms with van der Waals surface area (Å²) in [6, 6.07) is 7.70. The lowest BCUT2D eigenvalue weighted by Crippen LogP contribution is -2.09. The first kappa shape index (κ1) is 13.6. The molecule has 5 nitrogen and oxygen atoms in total. The Labute approximate surface area is 112 Å². The summed E-state index contributed by atoms with van der Waals surface area (Å²) in [5.74, 6) is 6.34. The van der Waals surface area contributed by atoms with Crippen molar-refractivity contribution in [3.63, 3.8) is 0 Å². The van der Waals surface area contributed by atoms with Gasteiger partial charge in [0.1, 0.15) is 11.3 Å². The van der Waals surface area contributed by atoms with Crippen molar-refractivity contribution < 1.29 is 9.47 Å². The number of nitrogens with zero attached hydrogens (tertiary/aromatic N) is 1. The monoisotopic (exact) mass is 261 g/mol. The predicted molar refractivity (Wildman–Crippen MR) is 76.1 cm³/mol. The van der Waals surface area contributed by atoms with Crippen LogP contribution in [0.5, 0.6) is 5.75 Å². The molecule has 0 saturated carbocycles. The van der Waals surface area contributed by atoms with Crippen LogP contribution in [-0.4, -0.2) is 18.7 Å². The van der Waals surface area contributed by atoms with Gasteiger partial charge in [-0.05, 0) is 18.6 Å². The highest BCUT2D eigenvalue weighted by Gasteiger charge is 2.09. The predicted octanol–water partition coefficient (Wildman–Crippen LogP) is 2.46. The number of nitrogen functional groups attached to an aromatic ring is 1. The van der Waals surface area contributed by atoms with E-state index >= 15 is 0 Å². The van der Waals surface area contributed by atoms with E-state index in [1.807, 2.05) is 24.3 Å². The summed E-state index contributed by atoms with van der Waals surface area (Å²) in [5.41, 5.74) is 5.14. The highest BCUT2D eigenvalue weighted by Crippen LogP contribution is 2.30. The lowest BCUT2D eigenvalue weighted by atomic mass is 10.1. The third-order valence-electron chi connectivity index (χ3n) is 2.76. The number of methoxy groups -OCH3 is 1. The molecule has 5 heteroatoms. The Morgan fingerprint density at radius 3 is 2.89 bits per heavy atom. The number of rotatable bonds is 6. The Balaban J connectivity index is 2.54. The molecule has 2 rings (SSSR count). The van der Waals surface area contributed by atoms with E-state index in [-0.39, 0.29) is 0 Å². The summed E-state index contributed by atoms with van der Waals surface area (Å²) in [6.07, 6.45) is 0.955. The molecule has 0 radical (unpaired) electrons. The van der Waals surface area contributed by atoms with Crippen LogP contribution in [0.25, 0.3) is 10.9 Å². The number of hydrogen-bond donors (Lipinski definition) is 2. The van der Waals surface area contributed by atoms with Gasteiger partial charge in [-0.1, -0.05) is 19.1 Å². The number of anilines is 1. The van der Waals surface area contributed by atoms with Gasteiger partial charge in [-0.15, -0.1) is 0 Å². The van der Waals surface area contributed by atoms with Crippen LogP contribution in [0.3, 0.4) is 0 Å². The first-order chi connectivity index (χ1) is 9.30. The zero-order valence-electron chi connectivity index (χ0n) is 11.3. The van der Waals surface area contributed by atoms with Crippen LogP contribution in [0.15, 0.2) is 24.3 Å². The van der Waals surface area contributed by atoms with Crippen molar-refractivity contribution >= 4 is 16.6 Å². The Kier molecular flexibility index (Phi) is 4.54. The Morgan fingerprint density at radius 1 is 1.37 bits per heavy atom. The number of hydrogen-bond acceptors (Lipinski definition) is 5. The molecule has 3 N–H and O–H groups in total. The van der Waals surface area contributed by atoms with Crippen molar-refractivity contribution in [3.05, 3.63) is 30.0 Å². The van der Waals surface area contributed by atoms with E-state index < -0.39 is 0 Å². The summed E-state index contributed by atoms with van der Waals surface area (Å²) in [7, 11) is 1.64. The molecule has 0 aliphatic rings. The number of nitrogens with two attached hydrogens (primary N) is 1. The van der Waals surface area contributed by atoms with Crippen LogP contribution in [-0.2, 0) is 11.3 Å². The molecule has 19 heavy (non-hydrogen) atoms. The number of pyridine rings is 1. The molecule has 0 spiro atoms. The fraction of sp³-hybridized carbons (Fsp3) is 0.357. The van der Waals surface area contributed by atoms with Crippen molar-refractivity contribution in [1.82, 2.24) is 4.98 Å². The minimum absolute atomic E-state index is 0.437. The van der Waals surface area contributed by atoms with E-state index in [0.29, 0.717) is 13.2 Å². The van der Waals surface area contributed by atoms with Crippen LogP contribution in [0.2, 0.25) is 0 Å². The van der Waals surface area contributed by atoms with E-state index in [0.717, 1.165) is 34.5 Å². The molecule has 0 fully saturated rings. The van der Waals surface area contributed by atoms with Gasteiger partial charge < -0.3 is 14.9 Å². The van der Waals surface area contributed by atoms with Crippen molar-refractivity contribution in [3.8, 4) is 5.75 Å². The van der Waals surface area contributed by atoms with Crippen LogP contribution in [0.1, 0.15) is 19.0 Å². The third-order valence-corrected chi connectivity index (χ3v) is 2.76. The first-order valence-corrected chi connectivity index (χ1v) is 6.31. The maximum absolute atomic E-state index is 5.73. The zero-order valence-corrected chi connectivity index (χ0v) is 11.3. The molecule has 0 aliphatic heterocycles. The largest absolute Gasteiger partial charge is 0.491 e. The van der Waals surface area contributed by atoms with Crippen LogP contribution >= 0.6 is 0 Å². The van der Waals surface area contributed by atoms with Gasteiger partial charge in [0.25, 0.3) is 0 Å². The van der Waals surface area contributed by atoms with Crippen molar-refractivity contribution in [2.75, 3.05) is 19.1 Å². The van der Waals surface area contributed by atoms with E-state index in [2.05, 4.69) is 17.3 Å². The summed E-state index contributed by atoms with van der Waals surface area (Å²) in [5, 5.41) is 0.941. The lowest BCUT2D eigenvalue weighted by molar-refractivity contribution is 0.182. The van der Waals surface area contributed by atoms with E-state index in [4.69, 9.17) is 15.3 Å². The van der Waals surface area contributed by atoms with E-state index in [9.17, 15) is 0 Å². The van der Waals surface area contributed by atoms with Crippen LogP contribution in [0, 0.1) is 0 Å². The van der Waals surface area contributed by atoms with Crippen molar-refractivity contribution in [1.29, 1.82) is 0 Å². The Bertz CT molecular complexity index is 558. The molecule has 0 atom stereocenters. The Morgan fingerprint density at radius 2 is 2.21 bits per heavy atom. The SMILES string of the molecule is CCCOc1cccc2c(NN)cc(COC)nc12. The molecule has 102 valence electrons. The molecule has 2 aromatic rings. The summed E-state index contributed by atoms with van der Waals surface area (Å²) < 4.78 is 10.9. The average Bonchev–Trinajstić information content (AvgIpc) is 2.44. The molecule has 0 amide bonds. The normalized spacial score (nSPS) is 10.7. The van der Waals surface area contributed by atoms with Crippen LogP contribution in [0.4, 0.5) is 5.69 Å². The minimum Gasteiger partial charge on any atom is -0.491 e. The highest BCUT2D eigenvalue weighted by atomic mass is 16.5. The van der Waals surface area contributed by atoms with Gasteiger partial charge in [0, 0.05) is 12.5 Å². The van der Waals surface area contributed by atoms with Crippen LogP contribution < -0.4 is 16.0 Å². The molecule has 1 aromatic heterocycles. The number of nitrogens with one attached hydrogen (secondary N) is 1. The zero-order chi connectivity index (χ0) is 13.7. The highest BCUT2D eigenvalue weighted by molar-refractivity contribution is 5.94. The van der Waals surface area contributed by atoms with Gasteiger partial charge in [-0.25, -0.2) is 4.98 Å². The fourth-order valence-corrected chi connectivity index (χ4v) is 1.94. The van der Waals surface area contributed by atoms with Gasteiger partial charge in [0.2, 0.25) is 0 Å². The van der Waals surface area contributed by atoms with Crippen molar-refractivity contribution in [2.45, 2.75) is 20.0 Å². The number of aromatic nitrogens is 1. The number of ether oxygens (including phenoxy) is 2. The standard InChI is InChI=1S/C14H19N3O2/c1-3-7-19-13-6-4-5-11-12(17-15)8-10(9-18-2)16-14(11)13/h4-6,8H,3,7,9,15H2,1-2H3,(H,16,17). The quantitative estimate of drug-likeness (QED) is 0.617. The second-order valence-electron chi connectivity index (χ2n) is 4.24. The van der Waals surface area contributed by atoms with Crippen molar-refractivity contribution in [2.24, 2.45) is 5.84 Å². The molecule has 0 saturated heterocycles. The van der Waals surface area contributed by atoms with E-state index in [1.54, 1.807) is 7.11 Å². The van der Waals surface area contributed by atoms with E-state index in [1.165, 1.54) is 0 Å². The average molecular weight is 261 g/mol. The molecular weight excluding hydrogens is 242 g/mol. The van der Waals surface area contributed by atoms with Gasteiger partial charge in [-0.3, -0.25) is 5.84 Å². The van der Waals surface area contributed by atoms with Gasteiger partial charge in [0.15, 0.2) is 0 Å². The number of benzene rings is 1. The fourth-order valence-electron chi connectivity index (χ4n) is 1.94. The molecule has 0 unspecified atom stereocenters. The second kappa shape index (κ2) is 6.36. The van der Waals surface area contributed by atoms with Gasteiger partial charge in [-0.2, -0.15) is 0 Å². The number of para-hydroxylation sites is 1. The lowest BCUT2D eigenvalue weighted by Gasteiger charge is -2.12. The molecular formula is C14H19N3O2. The molecule has 0 aliphatic carbocycles. The Hall–Kier alpha value is -1.85. The van der Waals surface area contributed by atoms with Gasteiger partial charge >= 0.3 is 0 Å². The number of hydrazine groups is 1. The number of fused-ring (bicyclic) bond motifs is 1. The molecule has 0 bridgehead atoms. The maximum Gasteiger partial charge on any atom is 0.145 e. The first-order valence-electron chi connectivity index (χ1n) is 6.31. The summed E-state index contributed by atoms with van der Waals surface area (Å²) in [4.78, 5) is 4.58. The summed E-state index contributed by atoms with van der Waals surface area (Å²) >= 11 is 0. The summed E-state index contributed by atoms with van der Waals surface area (Å²) in [6.45, 7) is 3.18. The maximum atomic E-state index is 5.73. The topological polar surface area (TPSA) is 69.4 Å². The van der Waals surface area contributed by atoms with Gasteiger partial charge in [0.05, 0.1) is 24.6 Å². The smallest absolute Gasteiger partial charge is 0.145 e. The molecule has 1 heterocycles. The second-order valence-corrected chi connectivity index (χ2v) is 4.24. The third kappa shape index (κ3) is 2.94.